The lowest BCUT2D eigenvalue weighted by atomic mass is 9.95. The lowest BCUT2D eigenvalue weighted by Gasteiger charge is -2.24. The number of hydrogen-bond acceptors (Lipinski definition) is 2. The standard InChI is InChI=1S/C7H11FN2/c8-7-2-4-10-5-6(7)1-3-9/h6-7,10H,1-2,4-5H2. The second-order valence-corrected chi connectivity index (χ2v) is 2.63. The SMILES string of the molecule is N#CCC1CNCCC1F. The number of nitrogens with one attached hydrogen (secondary N) is 1. The van der Waals surface area contributed by atoms with Gasteiger partial charge < -0.3 is 5.32 Å². The Hall–Kier alpha value is -0.620. The molecule has 0 radical (unpaired) electrons. The Balaban J connectivity index is 2.34. The fraction of sp³-hybridized carbons (Fsp3) is 0.857. The van der Waals surface area contributed by atoms with Crippen LogP contribution in [0.3, 0.4) is 0 Å². The van der Waals surface area contributed by atoms with E-state index >= 15 is 0 Å². The van der Waals surface area contributed by atoms with Crippen LogP contribution in [0.2, 0.25) is 0 Å². The Morgan fingerprint density at radius 3 is 3.10 bits per heavy atom. The van der Waals surface area contributed by atoms with Gasteiger partial charge in [-0.3, -0.25) is 0 Å². The molecular weight excluding hydrogens is 131 g/mol. The van der Waals surface area contributed by atoms with E-state index in [9.17, 15) is 4.39 Å². The largest absolute Gasteiger partial charge is 0.316 e. The fourth-order valence-corrected chi connectivity index (χ4v) is 1.21. The molecule has 0 aromatic rings. The van der Waals surface area contributed by atoms with Gasteiger partial charge in [-0.25, -0.2) is 4.39 Å². The molecule has 0 amide bonds. The highest BCUT2D eigenvalue weighted by molar-refractivity contribution is 4.85. The van der Waals surface area contributed by atoms with Crippen molar-refractivity contribution in [1.29, 1.82) is 5.26 Å². The molecule has 1 saturated heterocycles. The van der Waals surface area contributed by atoms with Crippen molar-refractivity contribution in [2.45, 2.75) is 19.0 Å². The van der Waals surface area contributed by atoms with E-state index < -0.39 is 6.17 Å². The summed E-state index contributed by atoms with van der Waals surface area (Å²) >= 11 is 0. The second kappa shape index (κ2) is 3.52. The number of hydrogen-bond donors (Lipinski definition) is 1. The minimum Gasteiger partial charge on any atom is -0.316 e. The van der Waals surface area contributed by atoms with E-state index in [0.717, 1.165) is 6.54 Å². The first-order valence-corrected chi connectivity index (χ1v) is 3.56. The van der Waals surface area contributed by atoms with Gasteiger partial charge in [-0.05, 0) is 13.0 Å². The van der Waals surface area contributed by atoms with Gasteiger partial charge in [-0.15, -0.1) is 0 Å². The third-order valence-electron chi connectivity index (χ3n) is 1.87. The highest BCUT2D eigenvalue weighted by Gasteiger charge is 2.23. The summed E-state index contributed by atoms with van der Waals surface area (Å²) in [7, 11) is 0. The second-order valence-electron chi connectivity index (χ2n) is 2.63. The number of nitrogens with zero attached hydrogens (tertiary/aromatic N) is 1. The van der Waals surface area contributed by atoms with E-state index in [1.54, 1.807) is 0 Å². The number of halogens is 1. The zero-order valence-electron chi connectivity index (χ0n) is 5.81. The van der Waals surface area contributed by atoms with Crippen LogP contribution in [0.15, 0.2) is 0 Å². The molecule has 10 heavy (non-hydrogen) atoms. The Bertz CT molecular complexity index is 141. The summed E-state index contributed by atoms with van der Waals surface area (Å²) < 4.78 is 12.8. The molecule has 1 heterocycles. The molecule has 0 bridgehead atoms. The zero-order valence-corrected chi connectivity index (χ0v) is 5.81. The number of alkyl halides is 1. The average Bonchev–Trinajstić information content (AvgIpc) is 1.94. The van der Waals surface area contributed by atoms with Crippen LogP contribution in [0.25, 0.3) is 0 Å². The lowest BCUT2D eigenvalue weighted by molar-refractivity contribution is 0.181. The predicted octanol–water partition coefficient (Wildman–Crippen LogP) is 0.848. The summed E-state index contributed by atoms with van der Waals surface area (Å²) in [5, 5.41) is 11.4. The van der Waals surface area contributed by atoms with Gasteiger partial charge in [0.15, 0.2) is 0 Å². The molecule has 0 aliphatic carbocycles. The average molecular weight is 142 g/mol. The van der Waals surface area contributed by atoms with Crippen molar-refractivity contribution in [3.63, 3.8) is 0 Å². The normalized spacial score (nSPS) is 33.2. The molecule has 2 nitrogen and oxygen atoms in total. The van der Waals surface area contributed by atoms with Crippen molar-refractivity contribution >= 4 is 0 Å². The molecule has 0 aromatic carbocycles. The van der Waals surface area contributed by atoms with Crippen LogP contribution in [0.4, 0.5) is 4.39 Å². The van der Waals surface area contributed by atoms with Gasteiger partial charge >= 0.3 is 0 Å². The third-order valence-corrected chi connectivity index (χ3v) is 1.87. The quantitative estimate of drug-likeness (QED) is 0.589. The highest BCUT2D eigenvalue weighted by atomic mass is 19.1. The molecule has 0 spiro atoms. The predicted molar refractivity (Wildman–Crippen MR) is 36.1 cm³/mol. The molecule has 3 heteroatoms. The molecule has 1 aliphatic rings. The van der Waals surface area contributed by atoms with Crippen molar-refractivity contribution in [2.24, 2.45) is 5.92 Å². The maximum Gasteiger partial charge on any atom is 0.106 e. The minimum atomic E-state index is -0.763. The molecule has 2 unspecified atom stereocenters. The zero-order chi connectivity index (χ0) is 7.40. The van der Waals surface area contributed by atoms with Crippen molar-refractivity contribution in [3.8, 4) is 6.07 Å². The summed E-state index contributed by atoms with van der Waals surface area (Å²) in [6.07, 6.45) is 0.140. The van der Waals surface area contributed by atoms with E-state index in [-0.39, 0.29) is 5.92 Å². The van der Waals surface area contributed by atoms with Gasteiger partial charge in [0.1, 0.15) is 6.17 Å². The van der Waals surface area contributed by atoms with Crippen LogP contribution >= 0.6 is 0 Å². The van der Waals surface area contributed by atoms with Crippen molar-refractivity contribution in [1.82, 2.24) is 5.32 Å². The molecule has 1 rings (SSSR count). The van der Waals surface area contributed by atoms with E-state index in [4.69, 9.17) is 5.26 Å². The minimum absolute atomic E-state index is 0.0706. The topological polar surface area (TPSA) is 35.8 Å². The molecule has 0 aromatic heterocycles. The van der Waals surface area contributed by atoms with Crippen LogP contribution in [-0.2, 0) is 0 Å². The van der Waals surface area contributed by atoms with Crippen LogP contribution in [0.5, 0.6) is 0 Å². The molecule has 1 N–H and O–H groups in total. The van der Waals surface area contributed by atoms with Crippen molar-refractivity contribution in [3.05, 3.63) is 0 Å². The van der Waals surface area contributed by atoms with Gasteiger partial charge in [-0.1, -0.05) is 0 Å². The van der Waals surface area contributed by atoms with E-state index in [0.29, 0.717) is 19.4 Å². The summed E-state index contributed by atoms with van der Waals surface area (Å²) in [6, 6.07) is 1.99. The van der Waals surface area contributed by atoms with Gasteiger partial charge in [0, 0.05) is 18.9 Å². The summed E-state index contributed by atoms with van der Waals surface area (Å²) in [4.78, 5) is 0. The Labute approximate surface area is 60.0 Å². The molecule has 0 saturated carbocycles. The smallest absolute Gasteiger partial charge is 0.106 e. The van der Waals surface area contributed by atoms with E-state index in [2.05, 4.69) is 5.32 Å². The summed E-state index contributed by atoms with van der Waals surface area (Å²) in [5.41, 5.74) is 0. The first-order chi connectivity index (χ1) is 4.84. The van der Waals surface area contributed by atoms with Gasteiger partial charge in [0.05, 0.1) is 6.07 Å². The molecule has 1 aliphatic heterocycles. The maximum atomic E-state index is 12.8. The molecule has 1 fully saturated rings. The monoisotopic (exact) mass is 142 g/mol. The van der Waals surface area contributed by atoms with Gasteiger partial charge in [-0.2, -0.15) is 5.26 Å². The Morgan fingerprint density at radius 1 is 1.70 bits per heavy atom. The number of nitriles is 1. The summed E-state index contributed by atoms with van der Waals surface area (Å²) in [5.74, 6) is -0.0706. The van der Waals surface area contributed by atoms with Crippen molar-refractivity contribution in [2.75, 3.05) is 13.1 Å². The van der Waals surface area contributed by atoms with Crippen LogP contribution < -0.4 is 5.32 Å². The first-order valence-electron chi connectivity index (χ1n) is 3.56. The summed E-state index contributed by atoms with van der Waals surface area (Å²) in [6.45, 7) is 1.41. The van der Waals surface area contributed by atoms with Crippen molar-refractivity contribution < 1.29 is 4.39 Å². The Kier molecular flexibility index (Phi) is 2.64. The van der Waals surface area contributed by atoms with Crippen LogP contribution in [0.1, 0.15) is 12.8 Å². The third kappa shape index (κ3) is 1.68. The Morgan fingerprint density at radius 2 is 2.50 bits per heavy atom. The maximum absolute atomic E-state index is 12.8. The molecular formula is C7H11FN2. The fourth-order valence-electron chi connectivity index (χ4n) is 1.21. The van der Waals surface area contributed by atoms with Crippen LogP contribution in [-0.4, -0.2) is 19.3 Å². The highest BCUT2D eigenvalue weighted by Crippen LogP contribution is 2.17. The molecule has 2 atom stereocenters. The molecule has 56 valence electrons. The number of piperidine rings is 1. The van der Waals surface area contributed by atoms with Gasteiger partial charge in [0.2, 0.25) is 0 Å². The first kappa shape index (κ1) is 7.49. The van der Waals surface area contributed by atoms with Crippen LogP contribution in [0, 0.1) is 17.2 Å². The number of rotatable bonds is 1. The van der Waals surface area contributed by atoms with E-state index in [1.807, 2.05) is 6.07 Å². The lowest BCUT2D eigenvalue weighted by Crippen LogP contribution is -2.37. The van der Waals surface area contributed by atoms with E-state index in [1.165, 1.54) is 0 Å². The van der Waals surface area contributed by atoms with Gasteiger partial charge in [0.25, 0.3) is 0 Å².